The van der Waals surface area contributed by atoms with Gasteiger partial charge in [-0.2, -0.15) is 13.2 Å². The number of hydrogen-bond acceptors (Lipinski definition) is 4. The van der Waals surface area contributed by atoms with E-state index in [-0.39, 0.29) is 23.2 Å². The van der Waals surface area contributed by atoms with Gasteiger partial charge in [-0.1, -0.05) is 24.3 Å². The molecular formula is C19H15F3N4O. The van der Waals surface area contributed by atoms with Crippen LogP contribution in [0.2, 0.25) is 0 Å². The van der Waals surface area contributed by atoms with Gasteiger partial charge in [0, 0.05) is 24.6 Å². The van der Waals surface area contributed by atoms with Gasteiger partial charge in [0.2, 0.25) is 5.95 Å². The van der Waals surface area contributed by atoms with E-state index in [1.54, 1.807) is 31.3 Å². The van der Waals surface area contributed by atoms with E-state index in [2.05, 4.69) is 15.3 Å². The molecule has 0 aliphatic carbocycles. The van der Waals surface area contributed by atoms with Crippen LogP contribution in [-0.2, 0) is 6.18 Å². The van der Waals surface area contributed by atoms with Crippen LogP contribution >= 0.6 is 0 Å². The van der Waals surface area contributed by atoms with Crippen LogP contribution in [0.25, 0.3) is 0 Å². The van der Waals surface area contributed by atoms with Crippen LogP contribution < -0.4 is 10.2 Å². The minimum atomic E-state index is -4.45. The second kappa shape index (κ2) is 7.45. The Labute approximate surface area is 153 Å². The summed E-state index contributed by atoms with van der Waals surface area (Å²) in [6.07, 6.45) is -3.08. The van der Waals surface area contributed by atoms with E-state index in [9.17, 15) is 18.0 Å². The van der Waals surface area contributed by atoms with E-state index in [1.807, 2.05) is 6.07 Å². The maximum Gasteiger partial charge on any atom is 0.416 e. The number of alkyl halides is 3. The molecule has 0 unspecified atom stereocenters. The first-order chi connectivity index (χ1) is 12.8. The summed E-state index contributed by atoms with van der Waals surface area (Å²) in [5.74, 6) is -0.336. The Kier molecular flexibility index (Phi) is 5.07. The molecule has 8 heteroatoms. The van der Waals surface area contributed by atoms with Gasteiger partial charge in [-0.05, 0) is 36.4 Å². The van der Waals surface area contributed by atoms with Crippen molar-refractivity contribution >= 4 is 23.2 Å². The van der Waals surface area contributed by atoms with Gasteiger partial charge in [0.15, 0.2) is 0 Å². The molecule has 27 heavy (non-hydrogen) atoms. The smallest absolute Gasteiger partial charge is 0.324 e. The van der Waals surface area contributed by atoms with Gasteiger partial charge in [0.1, 0.15) is 5.69 Å². The largest absolute Gasteiger partial charge is 0.416 e. The van der Waals surface area contributed by atoms with Crippen LogP contribution in [0.3, 0.4) is 0 Å². The molecule has 1 amide bonds. The van der Waals surface area contributed by atoms with Crippen molar-refractivity contribution in [3.63, 3.8) is 0 Å². The summed E-state index contributed by atoms with van der Waals surface area (Å²) in [5, 5.41) is 2.70. The second-order valence-electron chi connectivity index (χ2n) is 5.67. The fourth-order valence-corrected chi connectivity index (χ4v) is 2.38. The molecular weight excluding hydrogens is 357 g/mol. The Bertz CT molecular complexity index is 945. The summed E-state index contributed by atoms with van der Waals surface area (Å²) in [4.78, 5) is 22.1. The molecule has 0 atom stereocenters. The molecule has 0 radical (unpaired) electrons. The van der Waals surface area contributed by atoms with E-state index >= 15 is 0 Å². The van der Waals surface area contributed by atoms with E-state index < -0.39 is 11.7 Å². The fourth-order valence-electron chi connectivity index (χ4n) is 2.38. The highest BCUT2D eigenvalue weighted by molar-refractivity contribution is 6.04. The number of aromatic nitrogens is 2. The maximum atomic E-state index is 12.8. The van der Waals surface area contributed by atoms with Gasteiger partial charge in [-0.25, -0.2) is 9.97 Å². The van der Waals surface area contributed by atoms with Crippen molar-refractivity contribution in [1.29, 1.82) is 0 Å². The number of nitrogens with one attached hydrogen (secondary N) is 1. The van der Waals surface area contributed by atoms with Crippen molar-refractivity contribution in [3.05, 3.63) is 78.1 Å². The van der Waals surface area contributed by atoms with Gasteiger partial charge in [-0.15, -0.1) is 0 Å². The molecule has 1 N–H and O–H groups in total. The van der Waals surface area contributed by atoms with E-state index in [1.165, 1.54) is 29.3 Å². The first-order valence-electron chi connectivity index (χ1n) is 7.95. The van der Waals surface area contributed by atoms with Crippen molar-refractivity contribution in [3.8, 4) is 0 Å². The summed E-state index contributed by atoms with van der Waals surface area (Å²) >= 11 is 0. The van der Waals surface area contributed by atoms with Gasteiger partial charge in [-0.3, -0.25) is 4.79 Å². The lowest BCUT2D eigenvalue weighted by molar-refractivity contribution is -0.137. The summed E-state index contributed by atoms with van der Waals surface area (Å²) in [5.41, 5.74) is 0.189. The molecule has 5 nitrogen and oxygen atoms in total. The lowest BCUT2D eigenvalue weighted by Crippen LogP contribution is -2.27. The van der Waals surface area contributed by atoms with Crippen LogP contribution in [0.1, 0.15) is 16.1 Å². The van der Waals surface area contributed by atoms with Crippen molar-refractivity contribution in [2.24, 2.45) is 0 Å². The predicted molar refractivity (Wildman–Crippen MR) is 95.9 cm³/mol. The number of carbonyl (C=O) groups is 1. The quantitative estimate of drug-likeness (QED) is 0.732. The Hall–Kier alpha value is -3.42. The van der Waals surface area contributed by atoms with Gasteiger partial charge in [0.25, 0.3) is 5.91 Å². The predicted octanol–water partition coefficient (Wildman–Crippen LogP) is 4.52. The van der Waals surface area contributed by atoms with E-state index in [0.29, 0.717) is 5.69 Å². The zero-order valence-electron chi connectivity index (χ0n) is 14.2. The number of amides is 1. The number of para-hydroxylation sites is 1. The number of nitrogens with zero attached hydrogens (tertiary/aromatic N) is 3. The van der Waals surface area contributed by atoms with Crippen LogP contribution in [0, 0.1) is 0 Å². The van der Waals surface area contributed by atoms with Crippen LogP contribution in [0.5, 0.6) is 0 Å². The number of hydrogen-bond donors (Lipinski definition) is 1. The van der Waals surface area contributed by atoms with Crippen LogP contribution in [-0.4, -0.2) is 22.9 Å². The Balaban J connectivity index is 1.81. The molecule has 0 saturated heterocycles. The number of rotatable bonds is 4. The Morgan fingerprint density at radius 1 is 1.04 bits per heavy atom. The molecule has 0 saturated carbocycles. The Morgan fingerprint density at radius 2 is 1.78 bits per heavy atom. The number of anilines is 3. The molecule has 0 aliphatic heterocycles. The zero-order valence-corrected chi connectivity index (χ0v) is 14.2. The summed E-state index contributed by atoms with van der Waals surface area (Å²) in [6, 6.07) is 15.1. The lowest BCUT2D eigenvalue weighted by Gasteiger charge is -2.17. The zero-order chi connectivity index (χ0) is 19.4. The number of carbonyl (C=O) groups excluding carboxylic acids is 1. The highest BCUT2D eigenvalue weighted by Crippen LogP contribution is 2.31. The third kappa shape index (κ3) is 4.41. The second-order valence-corrected chi connectivity index (χ2v) is 5.67. The molecule has 0 aliphatic rings. The first-order valence-corrected chi connectivity index (χ1v) is 7.95. The van der Waals surface area contributed by atoms with Crippen molar-refractivity contribution in [2.45, 2.75) is 6.18 Å². The standard InChI is InChI=1S/C19H15F3N4O/c1-26(15-8-3-2-4-9-15)17(27)16-10-11-23-18(25-16)24-14-7-5-6-13(12-14)19(20,21)22/h2-12H,1H3,(H,23,24,25). The van der Waals surface area contributed by atoms with E-state index in [4.69, 9.17) is 0 Å². The highest BCUT2D eigenvalue weighted by atomic mass is 19.4. The summed E-state index contributed by atoms with van der Waals surface area (Å²) < 4.78 is 38.5. The van der Waals surface area contributed by atoms with Gasteiger partial charge < -0.3 is 10.2 Å². The molecule has 3 rings (SSSR count). The lowest BCUT2D eigenvalue weighted by atomic mass is 10.2. The van der Waals surface area contributed by atoms with E-state index in [0.717, 1.165) is 12.1 Å². The topological polar surface area (TPSA) is 58.1 Å². The molecule has 138 valence electrons. The maximum absolute atomic E-state index is 12.8. The first kappa shape index (κ1) is 18.4. The van der Waals surface area contributed by atoms with Crippen LogP contribution in [0.15, 0.2) is 66.9 Å². The average molecular weight is 372 g/mol. The number of benzene rings is 2. The van der Waals surface area contributed by atoms with Crippen molar-refractivity contribution in [2.75, 3.05) is 17.3 Å². The van der Waals surface area contributed by atoms with Gasteiger partial charge >= 0.3 is 6.18 Å². The fraction of sp³-hybridized carbons (Fsp3) is 0.105. The minimum Gasteiger partial charge on any atom is -0.324 e. The minimum absolute atomic E-state index is 0.0293. The van der Waals surface area contributed by atoms with Crippen molar-refractivity contribution in [1.82, 2.24) is 9.97 Å². The molecule has 0 spiro atoms. The normalized spacial score (nSPS) is 11.1. The highest BCUT2D eigenvalue weighted by Gasteiger charge is 2.30. The van der Waals surface area contributed by atoms with Gasteiger partial charge in [0.05, 0.1) is 5.56 Å². The summed E-state index contributed by atoms with van der Waals surface area (Å²) in [6.45, 7) is 0. The average Bonchev–Trinajstić information content (AvgIpc) is 2.67. The molecule has 0 fully saturated rings. The van der Waals surface area contributed by atoms with Crippen LogP contribution in [0.4, 0.5) is 30.5 Å². The monoisotopic (exact) mass is 372 g/mol. The summed E-state index contributed by atoms with van der Waals surface area (Å²) in [7, 11) is 1.61. The third-order valence-electron chi connectivity index (χ3n) is 3.77. The molecule has 1 aromatic heterocycles. The molecule has 1 heterocycles. The Morgan fingerprint density at radius 3 is 2.48 bits per heavy atom. The third-order valence-corrected chi connectivity index (χ3v) is 3.77. The number of halogens is 3. The molecule has 3 aromatic rings. The molecule has 0 bridgehead atoms. The van der Waals surface area contributed by atoms with Crippen molar-refractivity contribution < 1.29 is 18.0 Å². The SMILES string of the molecule is CN(C(=O)c1ccnc(Nc2cccc(C(F)(F)F)c2)n1)c1ccccc1. The molecule has 2 aromatic carbocycles.